The van der Waals surface area contributed by atoms with Gasteiger partial charge in [0.2, 0.25) is 0 Å². The Kier molecular flexibility index (Phi) is 7.43. The second-order valence-electron chi connectivity index (χ2n) is 8.00. The van der Waals surface area contributed by atoms with Gasteiger partial charge in [-0.25, -0.2) is 4.98 Å². The van der Waals surface area contributed by atoms with Crippen LogP contribution in [0.4, 0.5) is 0 Å². The molecule has 4 aromatic rings. The quantitative estimate of drug-likeness (QED) is 0.196. The summed E-state index contributed by atoms with van der Waals surface area (Å²) in [5, 5.41) is 0.467. The van der Waals surface area contributed by atoms with Gasteiger partial charge in [-0.3, -0.25) is 0 Å². The third kappa shape index (κ3) is 5.11. The summed E-state index contributed by atoms with van der Waals surface area (Å²) in [6.45, 7) is 2.57. The molecular formula is C29H28ClNO2. The van der Waals surface area contributed by atoms with E-state index < -0.39 is 5.60 Å². The van der Waals surface area contributed by atoms with Crippen molar-refractivity contribution in [3.05, 3.63) is 130 Å². The second-order valence-corrected chi connectivity index (χ2v) is 8.39. The zero-order valence-corrected chi connectivity index (χ0v) is 19.8. The number of hydrogen-bond donors (Lipinski definition) is 0. The lowest BCUT2D eigenvalue weighted by molar-refractivity contribution is 0.0000876. The highest BCUT2D eigenvalue weighted by molar-refractivity contribution is 6.29. The molecule has 3 nitrogen and oxygen atoms in total. The Bertz CT molecular complexity index is 1140. The topological polar surface area (TPSA) is 31.4 Å². The zero-order valence-electron chi connectivity index (χ0n) is 19.0. The highest BCUT2D eigenvalue weighted by Crippen LogP contribution is 2.42. The fraction of sp³-hybridized carbons (Fsp3) is 0.207. The SMILES string of the molecule is CCCc1ccc(C(OCc2ccc(Cl)nc2)(c2ccccc2)c2ccc(OC)cc2)cc1. The molecule has 0 bridgehead atoms. The van der Waals surface area contributed by atoms with Crippen LogP contribution in [0.3, 0.4) is 0 Å². The third-order valence-electron chi connectivity index (χ3n) is 5.82. The van der Waals surface area contributed by atoms with Crippen LogP contribution in [0.2, 0.25) is 5.15 Å². The summed E-state index contributed by atoms with van der Waals surface area (Å²) in [4.78, 5) is 4.22. The first kappa shape index (κ1) is 23.0. The average molecular weight is 458 g/mol. The molecule has 1 unspecified atom stereocenters. The molecule has 1 atom stereocenters. The molecule has 0 aliphatic rings. The summed E-state index contributed by atoms with van der Waals surface area (Å²) in [7, 11) is 1.68. The Balaban J connectivity index is 1.86. The highest BCUT2D eigenvalue weighted by Gasteiger charge is 2.37. The van der Waals surface area contributed by atoms with Crippen LogP contribution in [-0.4, -0.2) is 12.1 Å². The smallest absolute Gasteiger partial charge is 0.144 e. The number of nitrogens with zero attached hydrogens (tertiary/aromatic N) is 1. The van der Waals surface area contributed by atoms with Gasteiger partial charge >= 0.3 is 0 Å². The van der Waals surface area contributed by atoms with Crippen molar-refractivity contribution >= 4 is 11.6 Å². The summed E-state index contributed by atoms with van der Waals surface area (Å²) in [6, 6.07) is 31.0. The molecule has 0 radical (unpaired) electrons. The van der Waals surface area contributed by atoms with Gasteiger partial charge in [-0.2, -0.15) is 0 Å². The molecule has 0 saturated carbocycles. The van der Waals surface area contributed by atoms with E-state index in [-0.39, 0.29) is 0 Å². The fourth-order valence-electron chi connectivity index (χ4n) is 4.13. The molecule has 168 valence electrons. The number of benzene rings is 3. The molecule has 33 heavy (non-hydrogen) atoms. The van der Waals surface area contributed by atoms with E-state index in [0.717, 1.165) is 40.8 Å². The van der Waals surface area contributed by atoms with Crippen molar-refractivity contribution in [1.82, 2.24) is 4.98 Å². The largest absolute Gasteiger partial charge is 0.497 e. The van der Waals surface area contributed by atoms with Crippen LogP contribution in [-0.2, 0) is 23.4 Å². The van der Waals surface area contributed by atoms with Crippen LogP contribution < -0.4 is 4.74 Å². The first-order valence-electron chi connectivity index (χ1n) is 11.2. The molecule has 0 fully saturated rings. The number of methoxy groups -OCH3 is 1. The van der Waals surface area contributed by atoms with Crippen LogP contribution in [0, 0.1) is 0 Å². The van der Waals surface area contributed by atoms with E-state index >= 15 is 0 Å². The molecule has 0 aliphatic carbocycles. The van der Waals surface area contributed by atoms with E-state index in [1.54, 1.807) is 19.4 Å². The predicted octanol–water partition coefficient (Wildman–Crippen LogP) is 7.20. The lowest BCUT2D eigenvalue weighted by Crippen LogP contribution is -2.33. The van der Waals surface area contributed by atoms with Gasteiger partial charge < -0.3 is 9.47 Å². The van der Waals surface area contributed by atoms with Gasteiger partial charge in [-0.1, -0.05) is 97.7 Å². The van der Waals surface area contributed by atoms with Gasteiger partial charge in [0, 0.05) is 6.20 Å². The van der Waals surface area contributed by atoms with E-state index in [4.69, 9.17) is 21.1 Å². The van der Waals surface area contributed by atoms with Gasteiger partial charge in [-0.15, -0.1) is 0 Å². The first-order chi connectivity index (χ1) is 16.2. The molecule has 4 rings (SSSR count). The monoisotopic (exact) mass is 457 g/mol. The normalized spacial score (nSPS) is 12.8. The number of aryl methyl sites for hydroxylation is 1. The maximum atomic E-state index is 6.86. The van der Waals surface area contributed by atoms with Gasteiger partial charge in [0.05, 0.1) is 13.7 Å². The van der Waals surface area contributed by atoms with Crippen molar-refractivity contribution in [2.24, 2.45) is 0 Å². The highest BCUT2D eigenvalue weighted by atomic mass is 35.5. The molecule has 1 heterocycles. The van der Waals surface area contributed by atoms with Crippen molar-refractivity contribution in [2.75, 3.05) is 7.11 Å². The standard InChI is InChI=1S/C29H28ClNO2/c1-3-7-22-10-13-25(14-11-22)29(24-8-5-4-6-9-24,26-15-17-27(32-2)18-16-26)33-21-23-12-19-28(30)31-20-23/h4-6,8-20H,3,7,21H2,1-2H3. The zero-order chi connectivity index (χ0) is 23.1. The molecule has 4 heteroatoms. The maximum absolute atomic E-state index is 6.86. The number of halogens is 1. The molecule has 0 N–H and O–H groups in total. The summed E-state index contributed by atoms with van der Waals surface area (Å²) >= 11 is 5.99. The van der Waals surface area contributed by atoms with Crippen LogP contribution in [0.15, 0.2) is 97.2 Å². The Hall–Kier alpha value is -3.14. The molecule has 1 aromatic heterocycles. The lowest BCUT2D eigenvalue weighted by Gasteiger charge is -2.36. The fourth-order valence-corrected chi connectivity index (χ4v) is 4.24. The van der Waals surface area contributed by atoms with Gasteiger partial charge in [0.15, 0.2) is 0 Å². The molecule has 0 spiro atoms. The van der Waals surface area contributed by atoms with Gasteiger partial charge in [-0.05, 0) is 52.4 Å². The van der Waals surface area contributed by atoms with Crippen LogP contribution in [0.5, 0.6) is 5.75 Å². The van der Waals surface area contributed by atoms with Gasteiger partial charge in [0.1, 0.15) is 16.5 Å². The Morgan fingerprint density at radius 2 is 1.36 bits per heavy atom. The van der Waals surface area contributed by atoms with Crippen LogP contribution in [0.1, 0.15) is 41.2 Å². The first-order valence-corrected chi connectivity index (χ1v) is 11.6. The number of pyridine rings is 1. The van der Waals surface area contributed by atoms with Crippen molar-refractivity contribution in [3.63, 3.8) is 0 Å². The number of ether oxygens (including phenoxy) is 2. The lowest BCUT2D eigenvalue weighted by atomic mass is 9.79. The van der Waals surface area contributed by atoms with Crippen molar-refractivity contribution in [1.29, 1.82) is 0 Å². The minimum atomic E-state index is -0.808. The van der Waals surface area contributed by atoms with Crippen molar-refractivity contribution in [3.8, 4) is 5.75 Å². The number of aromatic nitrogens is 1. The number of rotatable bonds is 9. The van der Waals surface area contributed by atoms with E-state index in [0.29, 0.717) is 11.8 Å². The average Bonchev–Trinajstić information content (AvgIpc) is 2.87. The third-order valence-corrected chi connectivity index (χ3v) is 6.04. The minimum absolute atomic E-state index is 0.377. The minimum Gasteiger partial charge on any atom is -0.497 e. The van der Waals surface area contributed by atoms with Crippen LogP contribution in [0.25, 0.3) is 0 Å². The molecule has 0 saturated heterocycles. The molecular weight excluding hydrogens is 430 g/mol. The van der Waals surface area contributed by atoms with Crippen molar-refractivity contribution < 1.29 is 9.47 Å². The van der Waals surface area contributed by atoms with Gasteiger partial charge in [0.25, 0.3) is 0 Å². The summed E-state index contributed by atoms with van der Waals surface area (Å²) < 4.78 is 12.3. The van der Waals surface area contributed by atoms with Crippen molar-refractivity contribution in [2.45, 2.75) is 32.0 Å². The predicted molar refractivity (Wildman–Crippen MR) is 134 cm³/mol. The summed E-state index contributed by atoms with van der Waals surface area (Å²) in [5.41, 5.74) is 4.62. The Morgan fingerprint density at radius 1 is 0.758 bits per heavy atom. The Labute approximate surface area is 201 Å². The summed E-state index contributed by atoms with van der Waals surface area (Å²) in [6.07, 6.45) is 3.93. The number of hydrogen-bond acceptors (Lipinski definition) is 3. The van der Waals surface area contributed by atoms with E-state index in [2.05, 4.69) is 60.4 Å². The second kappa shape index (κ2) is 10.7. The molecule has 0 aliphatic heterocycles. The van der Waals surface area contributed by atoms with E-state index in [1.165, 1.54) is 5.56 Å². The maximum Gasteiger partial charge on any atom is 0.144 e. The molecule has 0 amide bonds. The van der Waals surface area contributed by atoms with E-state index in [9.17, 15) is 0 Å². The Morgan fingerprint density at radius 3 is 1.94 bits per heavy atom. The summed E-state index contributed by atoms with van der Waals surface area (Å²) in [5.74, 6) is 0.806. The van der Waals surface area contributed by atoms with Crippen LogP contribution >= 0.6 is 11.6 Å². The molecule has 3 aromatic carbocycles. The van der Waals surface area contributed by atoms with E-state index in [1.807, 2.05) is 36.4 Å².